The van der Waals surface area contributed by atoms with E-state index < -0.39 is 0 Å². The van der Waals surface area contributed by atoms with Crippen molar-refractivity contribution < 1.29 is 4.79 Å². The van der Waals surface area contributed by atoms with Gasteiger partial charge in [0.2, 0.25) is 0 Å². The van der Waals surface area contributed by atoms with Crippen LogP contribution in [-0.4, -0.2) is 57.6 Å². The second-order valence-corrected chi connectivity index (χ2v) is 7.54. The number of benzene rings is 1. The molecular weight excluding hydrogens is 394 g/mol. The number of amidine groups is 1. The highest BCUT2D eigenvalue weighted by atomic mass is 35.5. The van der Waals surface area contributed by atoms with E-state index in [1.165, 1.54) is 24.3 Å². The monoisotopic (exact) mass is 419 g/mol. The number of carbonyl (C=O) groups is 1. The normalized spacial score (nSPS) is 14.6. The standard InChI is InChI=1S/C17H18ClN5OS.C3H8/c1-11-9-22(17(24)13-5-4-6-14(18)12(13)2)7-8-23(11)15(19-3)16-20-10-21-25-16;1-3-2/h4-6,10H,1,7-9H2,2-3H3;3H2,1-2H3. The summed E-state index contributed by atoms with van der Waals surface area (Å²) in [6, 6.07) is 5.39. The Balaban J connectivity index is 0.000000878. The lowest BCUT2D eigenvalue weighted by atomic mass is 10.1. The van der Waals surface area contributed by atoms with E-state index >= 15 is 0 Å². The van der Waals surface area contributed by atoms with Crippen LogP contribution in [-0.2, 0) is 0 Å². The molecular formula is C20H26ClN5OS. The van der Waals surface area contributed by atoms with Gasteiger partial charge in [-0.05, 0) is 36.2 Å². The minimum atomic E-state index is -0.0355. The fraction of sp³-hybridized carbons (Fsp3) is 0.400. The molecule has 0 atom stereocenters. The molecule has 1 aliphatic heterocycles. The van der Waals surface area contributed by atoms with E-state index in [2.05, 4.69) is 34.8 Å². The first-order valence-corrected chi connectivity index (χ1v) is 10.3. The van der Waals surface area contributed by atoms with Crippen LogP contribution in [0.2, 0.25) is 5.02 Å². The first-order valence-electron chi connectivity index (χ1n) is 9.18. The quantitative estimate of drug-likeness (QED) is 0.538. The molecule has 2 heterocycles. The van der Waals surface area contributed by atoms with Crippen molar-refractivity contribution in [1.29, 1.82) is 0 Å². The number of amides is 1. The third kappa shape index (κ3) is 4.97. The number of hydrogen-bond donors (Lipinski definition) is 0. The van der Waals surface area contributed by atoms with Crippen LogP contribution in [0, 0.1) is 6.92 Å². The SMILES string of the molecule is C=C1CN(C(=O)c2cccc(Cl)c2C)CCN1C(=NC)c1ncns1.CCC. The number of aromatic nitrogens is 2. The highest BCUT2D eigenvalue weighted by molar-refractivity contribution is 7.07. The Morgan fingerprint density at radius 1 is 1.36 bits per heavy atom. The number of halogens is 1. The van der Waals surface area contributed by atoms with Gasteiger partial charge in [0, 0.05) is 36.4 Å². The van der Waals surface area contributed by atoms with Crippen LogP contribution >= 0.6 is 23.1 Å². The van der Waals surface area contributed by atoms with E-state index in [1.54, 1.807) is 30.1 Å². The molecule has 6 nitrogen and oxygen atoms in total. The Bertz CT molecular complexity index is 850. The summed E-state index contributed by atoms with van der Waals surface area (Å²) in [6.07, 6.45) is 2.76. The molecule has 2 aromatic rings. The van der Waals surface area contributed by atoms with Crippen LogP contribution in [0.5, 0.6) is 0 Å². The van der Waals surface area contributed by atoms with Crippen molar-refractivity contribution >= 4 is 34.9 Å². The number of aliphatic imine (C=N–C) groups is 1. The zero-order chi connectivity index (χ0) is 20.7. The molecule has 1 aromatic carbocycles. The highest BCUT2D eigenvalue weighted by Crippen LogP contribution is 2.23. The summed E-state index contributed by atoms with van der Waals surface area (Å²) in [5.41, 5.74) is 2.23. The van der Waals surface area contributed by atoms with Crippen LogP contribution in [0.1, 0.15) is 41.2 Å². The van der Waals surface area contributed by atoms with Crippen LogP contribution in [0.25, 0.3) is 0 Å². The third-order valence-electron chi connectivity index (χ3n) is 4.15. The van der Waals surface area contributed by atoms with Gasteiger partial charge in [0.25, 0.3) is 5.91 Å². The van der Waals surface area contributed by atoms with E-state index in [1.807, 2.05) is 11.8 Å². The largest absolute Gasteiger partial charge is 0.331 e. The van der Waals surface area contributed by atoms with E-state index in [-0.39, 0.29) is 5.91 Å². The van der Waals surface area contributed by atoms with Crippen molar-refractivity contribution in [2.24, 2.45) is 4.99 Å². The van der Waals surface area contributed by atoms with Crippen molar-refractivity contribution in [2.75, 3.05) is 26.7 Å². The van der Waals surface area contributed by atoms with Gasteiger partial charge in [0.1, 0.15) is 6.33 Å². The molecule has 1 fully saturated rings. The first-order chi connectivity index (χ1) is 13.4. The number of piperazine rings is 1. The topological polar surface area (TPSA) is 61.7 Å². The Morgan fingerprint density at radius 3 is 2.64 bits per heavy atom. The molecule has 0 unspecified atom stereocenters. The summed E-state index contributed by atoms with van der Waals surface area (Å²) >= 11 is 7.43. The summed E-state index contributed by atoms with van der Waals surface area (Å²) in [5, 5.41) is 1.34. The Labute approximate surface area is 175 Å². The summed E-state index contributed by atoms with van der Waals surface area (Å²) in [6.45, 7) is 11.8. The Morgan fingerprint density at radius 2 is 2.07 bits per heavy atom. The van der Waals surface area contributed by atoms with E-state index in [4.69, 9.17) is 11.6 Å². The molecule has 0 saturated carbocycles. The average Bonchev–Trinajstić information content (AvgIpc) is 3.20. The van der Waals surface area contributed by atoms with Crippen LogP contribution in [0.15, 0.2) is 41.8 Å². The lowest BCUT2D eigenvalue weighted by molar-refractivity contribution is 0.0727. The molecule has 0 aliphatic carbocycles. The van der Waals surface area contributed by atoms with Crippen molar-refractivity contribution in [2.45, 2.75) is 27.2 Å². The second kappa shape index (κ2) is 10.3. The van der Waals surface area contributed by atoms with Crippen molar-refractivity contribution in [3.05, 3.63) is 58.0 Å². The van der Waals surface area contributed by atoms with Crippen molar-refractivity contribution in [3.8, 4) is 0 Å². The molecule has 0 spiro atoms. The second-order valence-electron chi connectivity index (χ2n) is 6.36. The van der Waals surface area contributed by atoms with Crippen LogP contribution in [0.4, 0.5) is 0 Å². The molecule has 150 valence electrons. The molecule has 3 rings (SSSR count). The van der Waals surface area contributed by atoms with Gasteiger partial charge < -0.3 is 9.80 Å². The highest BCUT2D eigenvalue weighted by Gasteiger charge is 2.28. The van der Waals surface area contributed by atoms with Gasteiger partial charge in [-0.1, -0.05) is 44.5 Å². The maximum Gasteiger partial charge on any atom is 0.254 e. The molecule has 0 bridgehead atoms. The van der Waals surface area contributed by atoms with Gasteiger partial charge in [0.15, 0.2) is 10.8 Å². The van der Waals surface area contributed by atoms with E-state index in [0.717, 1.165) is 22.1 Å². The average molecular weight is 420 g/mol. The van der Waals surface area contributed by atoms with E-state index in [0.29, 0.717) is 30.2 Å². The van der Waals surface area contributed by atoms with Gasteiger partial charge in [-0.25, -0.2) is 4.98 Å². The molecule has 8 heteroatoms. The van der Waals surface area contributed by atoms with Crippen molar-refractivity contribution in [3.63, 3.8) is 0 Å². The predicted octanol–water partition coefficient (Wildman–Crippen LogP) is 4.26. The summed E-state index contributed by atoms with van der Waals surface area (Å²) < 4.78 is 4.03. The Kier molecular flexibility index (Phi) is 8.14. The number of carbonyl (C=O) groups excluding carboxylic acids is 1. The summed E-state index contributed by atoms with van der Waals surface area (Å²) in [5.74, 6) is 0.699. The molecule has 1 aliphatic rings. The van der Waals surface area contributed by atoms with Crippen molar-refractivity contribution in [1.82, 2.24) is 19.2 Å². The van der Waals surface area contributed by atoms with Gasteiger partial charge in [0.05, 0.1) is 6.54 Å². The van der Waals surface area contributed by atoms with Crippen LogP contribution < -0.4 is 0 Å². The lowest BCUT2D eigenvalue weighted by Gasteiger charge is -2.37. The molecule has 0 N–H and O–H groups in total. The molecule has 1 saturated heterocycles. The number of hydrogen-bond acceptors (Lipinski definition) is 5. The predicted molar refractivity (Wildman–Crippen MR) is 116 cm³/mol. The summed E-state index contributed by atoms with van der Waals surface area (Å²) in [7, 11) is 1.72. The molecule has 1 amide bonds. The van der Waals surface area contributed by atoms with Gasteiger partial charge in [-0.2, -0.15) is 4.37 Å². The Hall–Kier alpha value is -2.25. The molecule has 0 radical (unpaired) electrons. The number of nitrogens with zero attached hydrogens (tertiary/aromatic N) is 5. The lowest BCUT2D eigenvalue weighted by Crippen LogP contribution is -2.49. The molecule has 1 aromatic heterocycles. The van der Waals surface area contributed by atoms with Gasteiger partial charge >= 0.3 is 0 Å². The van der Waals surface area contributed by atoms with Crippen LogP contribution in [0.3, 0.4) is 0 Å². The maximum atomic E-state index is 12.9. The zero-order valence-electron chi connectivity index (χ0n) is 16.8. The molecule has 28 heavy (non-hydrogen) atoms. The third-order valence-corrected chi connectivity index (χ3v) is 5.22. The minimum absolute atomic E-state index is 0.0355. The number of rotatable bonds is 2. The zero-order valence-corrected chi connectivity index (χ0v) is 18.3. The fourth-order valence-corrected chi connectivity index (χ4v) is 3.55. The smallest absolute Gasteiger partial charge is 0.254 e. The van der Waals surface area contributed by atoms with E-state index in [9.17, 15) is 4.79 Å². The maximum absolute atomic E-state index is 12.9. The van der Waals surface area contributed by atoms with Gasteiger partial charge in [-0.15, -0.1) is 0 Å². The van der Waals surface area contributed by atoms with Gasteiger partial charge in [-0.3, -0.25) is 9.79 Å². The first kappa shape index (κ1) is 22.0. The summed E-state index contributed by atoms with van der Waals surface area (Å²) in [4.78, 5) is 25.2. The minimum Gasteiger partial charge on any atom is -0.331 e. The fourth-order valence-electron chi connectivity index (χ4n) is 2.81.